The molecule has 7 heteroatoms. The van der Waals surface area contributed by atoms with Crippen molar-refractivity contribution in [3.63, 3.8) is 0 Å². The lowest BCUT2D eigenvalue weighted by Crippen LogP contribution is -2.40. The number of esters is 1. The lowest BCUT2D eigenvalue weighted by molar-refractivity contribution is -0.151. The van der Waals surface area contributed by atoms with Gasteiger partial charge in [-0.2, -0.15) is 0 Å². The average molecular weight is 260 g/mol. The van der Waals surface area contributed by atoms with Crippen molar-refractivity contribution >= 4 is 18.0 Å². The fourth-order valence-electron chi connectivity index (χ4n) is 1.02. The molecule has 0 heterocycles. The molecule has 0 radical (unpaired) electrons. The number of hydrogen-bond acceptors (Lipinski definition) is 4. The Morgan fingerprint density at radius 1 is 1.17 bits per heavy atom. The first-order valence-electron chi connectivity index (χ1n) is 5.77. The molecule has 1 atom stereocenters. The van der Waals surface area contributed by atoms with Crippen LogP contribution in [-0.2, 0) is 14.3 Å². The van der Waals surface area contributed by atoms with Gasteiger partial charge >= 0.3 is 18.0 Å². The van der Waals surface area contributed by atoms with E-state index in [4.69, 9.17) is 9.84 Å². The molecule has 0 aromatic carbocycles. The van der Waals surface area contributed by atoms with Gasteiger partial charge in [0.2, 0.25) is 0 Å². The van der Waals surface area contributed by atoms with Crippen molar-refractivity contribution in [2.75, 3.05) is 13.1 Å². The zero-order chi connectivity index (χ0) is 14.1. The number of aliphatic carboxylic acids is 1. The van der Waals surface area contributed by atoms with Crippen LogP contribution in [0.1, 0.15) is 27.2 Å². The molecule has 0 aliphatic rings. The van der Waals surface area contributed by atoms with Crippen LogP contribution in [0.15, 0.2) is 0 Å². The third-order valence-electron chi connectivity index (χ3n) is 1.95. The van der Waals surface area contributed by atoms with E-state index in [1.807, 2.05) is 0 Å². The molecule has 0 rings (SSSR count). The van der Waals surface area contributed by atoms with Crippen molar-refractivity contribution in [1.29, 1.82) is 0 Å². The van der Waals surface area contributed by atoms with Crippen LogP contribution in [0.4, 0.5) is 4.79 Å². The molecule has 3 N–H and O–H groups in total. The topological polar surface area (TPSA) is 105 Å². The number of amides is 2. The predicted molar refractivity (Wildman–Crippen MR) is 64.0 cm³/mol. The molecular formula is C11H20N2O5. The number of urea groups is 1. The minimum Gasteiger partial charge on any atom is -0.481 e. The summed E-state index contributed by atoms with van der Waals surface area (Å²) in [5.74, 6) is -1.81. The Bertz CT molecular complexity index is 304. The van der Waals surface area contributed by atoms with Gasteiger partial charge in [0.15, 0.2) is 0 Å². The summed E-state index contributed by atoms with van der Waals surface area (Å²) in [4.78, 5) is 32.8. The molecule has 1 unspecified atom stereocenters. The molecule has 0 aliphatic heterocycles. The largest absolute Gasteiger partial charge is 0.481 e. The van der Waals surface area contributed by atoms with Gasteiger partial charge in [0.1, 0.15) is 0 Å². The molecule has 104 valence electrons. The van der Waals surface area contributed by atoms with Crippen LogP contribution < -0.4 is 10.6 Å². The van der Waals surface area contributed by atoms with Gasteiger partial charge in [0.25, 0.3) is 0 Å². The third kappa shape index (κ3) is 8.37. The highest BCUT2D eigenvalue weighted by atomic mass is 16.5. The lowest BCUT2D eigenvalue weighted by atomic mass is 10.2. The van der Waals surface area contributed by atoms with Gasteiger partial charge in [-0.05, 0) is 13.8 Å². The number of carboxylic acid groups (broad SMARTS) is 1. The molecule has 0 spiro atoms. The van der Waals surface area contributed by atoms with Crippen LogP contribution in [0.3, 0.4) is 0 Å². The summed E-state index contributed by atoms with van der Waals surface area (Å²) in [6.07, 6.45) is -0.331. The Labute approximate surface area is 106 Å². The van der Waals surface area contributed by atoms with E-state index in [2.05, 4.69) is 10.6 Å². The van der Waals surface area contributed by atoms with Gasteiger partial charge in [-0.3, -0.25) is 9.59 Å². The number of rotatable bonds is 7. The van der Waals surface area contributed by atoms with E-state index in [9.17, 15) is 14.4 Å². The number of ether oxygens (including phenoxy) is 1. The number of hydrogen-bond donors (Lipinski definition) is 3. The van der Waals surface area contributed by atoms with Gasteiger partial charge in [-0.1, -0.05) is 6.92 Å². The molecule has 18 heavy (non-hydrogen) atoms. The molecule has 0 aromatic heterocycles. The lowest BCUT2D eigenvalue weighted by Gasteiger charge is -2.14. The van der Waals surface area contributed by atoms with Crippen molar-refractivity contribution in [1.82, 2.24) is 10.6 Å². The van der Waals surface area contributed by atoms with Crippen LogP contribution in [0.25, 0.3) is 0 Å². The SMILES string of the molecule is CC(C)OC(=O)C(C)CNC(=O)NCCC(=O)O. The molecule has 0 saturated heterocycles. The molecule has 0 saturated carbocycles. The Balaban J connectivity index is 3.77. The minimum atomic E-state index is -0.982. The van der Waals surface area contributed by atoms with Crippen molar-refractivity contribution in [3.8, 4) is 0 Å². The standard InChI is InChI=1S/C11H20N2O5/c1-7(2)18-10(16)8(3)6-13-11(17)12-5-4-9(14)15/h7-8H,4-6H2,1-3H3,(H,14,15)(H2,12,13,17). The Morgan fingerprint density at radius 3 is 2.28 bits per heavy atom. The summed E-state index contributed by atoms with van der Waals surface area (Å²) in [6.45, 7) is 5.33. The van der Waals surface area contributed by atoms with E-state index >= 15 is 0 Å². The first-order valence-corrected chi connectivity index (χ1v) is 5.77. The highest BCUT2D eigenvalue weighted by molar-refractivity contribution is 5.77. The molecule has 0 aliphatic carbocycles. The first-order chi connectivity index (χ1) is 8.32. The smallest absolute Gasteiger partial charge is 0.314 e. The zero-order valence-corrected chi connectivity index (χ0v) is 10.9. The summed E-state index contributed by atoms with van der Waals surface area (Å²) in [5, 5.41) is 13.2. The summed E-state index contributed by atoms with van der Waals surface area (Å²) in [7, 11) is 0. The van der Waals surface area contributed by atoms with E-state index in [1.54, 1.807) is 20.8 Å². The highest BCUT2D eigenvalue weighted by Crippen LogP contribution is 2.00. The maximum absolute atomic E-state index is 11.4. The van der Waals surface area contributed by atoms with Crippen LogP contribution >= 0.6 is 0 Å². The van der Waals surface area contributed by atoms with Crippen LogP contribution in [0, 0.1) is 5.92 Å². The Morgan fingerprint density at radius 2 is 1.78 bits per heavy atom. The maximum atomic E-state index is 11.4. The van der Waals surface area contributed by atoms with E-state index < -0.39 is 17.9 Å². The fraction of sp³-hybridized carbons (Fsp3) is 0.727. The van der Waals surface area contributed by atoms with Crippen LogP contribution in [0.2, 0.25) is 0 Å². The van der Waals surface area contributed by atoms with E-state index in [0.29, 0.717) is 0 Å². The van der Waals surface area contributed by atoms with Gasteiger partial charge in [0.05, 0.1) is 18.4 Å². The summed E-state index contributed by atoms with van der Waals surface area (Å²) >= 11 is 0. The Kier molecular flexibility index (Phi) is 7.50. The van der Waals surface area contributed by atoms with Gasteiger partial charge < -0.3 is 20.5 Å². The van der Waals surface area contributed by atoms with Crippen molar-refractivity contribution in [2.24, 2.45) is 5.92 Å². The molecule has 2 amide bonds. The fourth-order valence-corrected chi connectivity index (χ4v) is 1.02. The van der Waals surface area contributed by atoms with Crippen LogP contribution in [-0.4, -0.2) is 42.3 Å². The van der Waals surface area contributed by atoms with Crippen molar-refractivity contribution in [3.05, 3.63) is 0 Å². The Hall–Kier alpha value is -1.79. The molecule has 7 nitrogen and oxygen atoms in total. The average Bonchev–Trinajstić information content (AvgIpc) is 2.24. The third-order valence-corrected chi connectivity index (χ3v) is 1.95. The number of nitrogens with one attached hydrogen (secondary N) is 2. The number of carbonyl (C=O) groups excluding carboxylic acids is 2. The van der Waals surface area contributed by atoms with Gasteiger partial charge in [-0.15, -0.1) is 0 Å². The number of carboxylic acids is 1. The highest BCUT2D eigenvalue weighted by Gasteiger charge is 2.16. The maximum Gasteiger partial charge on any atom is 0.314 e. The van der Waals surface area contributed by atoms with Crippen molar-refractivity contribution < 1.29 is 24.2 Å². The van der Waals surface area contributed by atoms with Crippen molar-refractivity contribution in [2.45, 2.75) is 33.3 Å². The van der Waals surface area contributed by atoms with Crippen LogP contribution in [0.5, 0.6) is 0 Å². The predicted octanol–water partition coefficient (Wildman–Crippen LogP) is 0.348. The van der Waals surface area contributed by atoms with E-state index in [1.165, 1.54) is 0 Å². The quantitative estimate of drug-likeness (QED) is 0.573. The molecule has 0 bridgehead atoms. The summed E-state index contributed by atoms with van der Waals surface area (Å²) in [6, 6.07) is -0.500. The summed E-state index contributed by atoms with van der Waals surface area (Å²) in [5.41, 5.74) is 0. The van der Waals surface area contributed by atoms with Gasteiger partial charge in [-0.25, -0.2) is 4.79 Å². The normalized spacial score (nSPS) is 11.8. The van der Waals surface area contributed by atoms with E-state index in [-0.39, 0.29) is 31.6 Å². The second kappa shape index (κ2) is 8.32. The molecular weight excluding hydrogens is 240 g/mol. The molecule has 0 fully saturated rings. The second-order valence-corrected chi connectivity index (χ2v) is 4.17. The second-order valence-electron chi connectivity index (χ2n) is 4.17. The van der Waals surface area contributed by atoms with Gasteiger partial charge in [0, 0.05) is 13.1 Å². The first kappa shape index (κ1) is 16.2. The monoisotopic (exact) mass is 260 g/mol. The van der Waals surface area contributed by atoms with E-state index in [0.717, 1.165) is 0 Å². The zero-order valence-electron chi connectivity index (χ0n) is 10.9. The summed E-state index contributed by atoms with van der Waals surface area (Å²) < 4.78 is 4.97. The molecule has 0 aromatic rings. The minimum absolute atomic E-state index is 0.0476. The number of carbonyl (C=O) groups is 3.